The largest absolute Gasteiger partial charge is 0.417 e. The van der Waals surface area contributed by atoms with Crippen molar-refractivity contribution in [1.29, 1.82) is 0 Å². The first-order chi connectivity index (χ1) is 14.1. The van der Waals surface area contributed by atoms with Gasteiger partial charge >= 0.3 is 6.18 Å². The molecule has 0 saturated carbocycles. The molecule has 2 aromatic rings. The number of nitrogens with zero attached hydrogens (tertiary/aromatic N) is 3. The van der Waals surface area contributed by atoms with Crippen LogP contribution in [0.5, 0.6) is 0 Å². The second-order valence-electron chi connectivity index (χ2n) is 7.76. The fraction of sp³-hybridized carbons (Fsp3) is 0.455. The molecule has 3 rings (SSSR count). The number of anilines is 2. The number of carbonyl (C=O) groups is 1. The molecule has 1 atom stereocenters. The maximum absolute atomic E-state index is 12.8. The van der Waals surface area contributed by atoms with Crippen LogP contribution in [0.4, 0.5) is 24.7 Å². The summed E-state index contributed by atoms with van der Waals surface area (Å²) in [5.41, 5.74) is 2.16. The van der Waals surface area contributed by atoms with Gasteiger partial charge in [-0.1, -0.05) is 12.1 Å². The Morgan fingerprint density at radius 2 is 1.87 bits per heavy atom. The molecule has 8 heteroatoms. The van der Waals surface area contributed by atoms with Gasteiger partial charge in [0, 0.05) is 38.1 Å². The first-order valence-corrected chi connectivity index (χ1v) is 10.1. The van der Waals surface area contributed by atoms with Gasteiger partial charge < -0.3 is 10.2 Å². The van der Waals surface area contributed by atoms with Crippen molar-refractivity contribution < 1.29 is 18.0 Å². The lowest BCUT2D eigenvalue weighted by molar-refractivity contribution is -0.137. The average molecular weight is 420 g/mol. The summed E-state index contributed by atoms with van der Waals surface area (Å²) in [6.07, 6.45) is -2.72. The van der Waals surface area contributed by atoms with Crippen LogP contribution in [0, 0.1) is 13.8 Å². The normalized spacial score (nSPS) is 16.8. The molecule has 0 spiro atoms. The van der Waals surface area contributed by atoms with E-state index in [1.54, 1.807) is 0 Å². The highest BCUT2D eigenvalue weighted by Gasteiger charge is 2.31. The van der Waals surface area contributed by atoms with E-state index in [1.807, 2.05) is 43.9 Å². The summed E-state index contributed by atoms with van der Waals surface area (Å²) < 4.78 is 38.2. The Hall–Kier alpha value is -2.61. The van der Waals surface area contributed by atoms with Gasteiger partial charge in [0.05, 0.1) is 11.6 Å². The van der Waals surface area contributed by atoms with Crippen molar-refractivity contribution in [3.8, 4) is 0 Å². The number of aryl methyl sites for hydroxylation is 2. The average Bonchev–Trinajstić information content (AvgIpc) is 2.96. The molecule has 5 nitrogen and oxygen atoms in total. The summed E-state index contributed by atoms with van der Waals surface area (Å²) in [7, 11) is 0. The van der Waals surface area contributed by atoms with Crippen LogP contribution < -0.4 is 10.2 Å². The van der Waals surface area contributed by atoms with E-state index in [2.05, 4.69) is 15.2 Å². The predicted molar refractivity (Wildman–Crippen MR) is 112 cm³/mol. The Kier molecular flexibility index (Phi) is 6.65. The molecule has 1 aliphatic heterocycles. The van der Waals surface area contributed by atoms with Crippen LogP contribution in [0.25, 0.3) is 0 Å². The van der Waals surface area contributed by atoms with E-state index in [9.17, 15) is 18.0 Å². The molecular weight excluding hydrogens is 393 g/mol. The number of pyridine rings is 1. The van der Waals surface area contributed by atoms with Gasteiger partial charge in [0.25, 0.3) is 0 Å². The fourth-order valence-electron chi connectivity index (χ4n) is 3.57. The Morgan fingerprint density at radius 1 is 1.10 bits per heavy atom. The van der Waals surface area contributed by atoms with E-state index in [0.717, 1.165) is 42.0 Å². The standard InChI is InChI=1S/C22H27F3N4O/c1-15-5-6-16(2)19(13-15)27-21(30)17(3)28-9-4-10-29(12-11-28)20-8-7-18(14-26-20)22(23,24)25/h5-8,13-14,17H,4,9-12H2,1-3H3,(H,27,30)/t17-/m0/s1. The van der Waals surface area contributed by atoms with Gasteiger partial charge in [-0.15, -0.1) is 0 Å². The molecule has 0 bridgehead atoms. The van der Waals surface area contributed by atoms with Crippen molar-refractivity contribution in [3.05, 3.63) is 53.2 Å². The lowest BCUT2D eigenvalue weighted by atomic mass is 10.1. The summed E-state index contributed by atoms with van der Waals surface area (Å²) in [4.78, 5) is 20.9. The molecule has 1 N–H and O–H groups in total. The number of hydrogen-bond acceptors (Lipinski definition) is 4. The lowest BCUT2D eigenvalue weighted by Crippen LogP contribution is -2.44. The number of halogens is 3. The number of nitrogens with one attached hydrogen (secondary N) is 1. The number of hydrogen-bond donors (Lipinski definition) is 1. The van der Waals surface area contributed by atoms with Crippen molar-refractivity contribution in [2.24, 2.45) is 0 Å². The zero-order chi connectivity index (χ0) is 21.9. The van der Waals surface area contributed by atoms with E-state index < -0.39 is 11.7 Å². The third-order valence-corrected chi connectivity index (χ3v) is 5.51. The van der Waals surface area contributed by atoms with Crippen molar-refractivity contribution in [1.82, 2.24) is 9.88 Å². The van der Waals surface area contributed by atoms with Gasteiger partial charge in [0.1, 0.15) is 5.82 Å². The maximum atomic E-state index is 12.8. The van der Waals surface area contributed by atoms with Gasteiger partial charge in [-0.2, -0.15) is 13.2 Å². The van der Waals surface area contributed by atoms with E-state index in [0.29, 0.717) is 25.5 Å². The highest BCUT2D eigenvalue weighted by Crippen LogP contribution is 2.29. The van der Waals surface area contributed by atoms with Crippen LogP contribution in [-0.4, -0.2) is 48.0 Å². The highest BCUT2D eigenvalue weighted by molar-refractivity contribution is 5.95. The third kappa shape index (κ3) is 5.30. The van der Waals surface area contributed by atoms with Gasteiger partial charge in [-0.25, -0.2) is 4.98 Å². The Morgan fingerprint density at radius 3 is 2.53 bits per heavy atom. The van der Waals surface area contributed by atoms with Crippen LogP contribution in [0.15, 0.2) is 36.5 Å². The second kappa shape index (κ2) is 9.04. The smallest absolute Gasteiger partial charge is 0.355 e. The van der Waals surface area contributed by atoms with E-state index >= 15 is 0 Å². The minimum atomic E-state index is -4.39. The zero-order valence-electron chi connectivity index (χ0n) is 17.5. The zero-order valence-corrected chi connectivity index (χ0v) is 17.5. The molecular formula is C22H27F3N4O. The molecule has 0 unspecified atom stereocenters. The van der Waals surface area contributed by atoms with Crippen LogP contribution in [0.2, 0.25) is 0 Å². The number of aromatic nitrogens is 1. The fourth-order valence-corrected chi connectivity index (χ4v) is 3.57. The van der Waals surface area contributed by atoms with Gasteiger partial charge in [-0.3, -0.25) is 9.69 Å². The van der Waals surface area contributed by atoms with Gasteiger partial charge in [0.15, 0.2) is 0 Å². The Balaban J connectivity index is 1.61. The van der Waals surface area contributed by atoms with Crippen molar-refractivity contribution in [3.63, 3.8) is 0 Å². The minimum Gasteiger partial charge on any atom is -0.355 e. The van der Waals surface area contributed by atoms with Crippen LogP contribution in [-0.2, 0) is 11.0 Å². The van der Waals surface area contributed by atoms with Gasteiger partial charge in [-0.05, 0) is 56.5 Å². The molecule has 1 amide bonds. The van der Waals surface area contributed by atoms with Gasteiger partial charge in [0.2, 0.25) is 5.91 Å². The SMILES string of the molecule is Cc1ccc(C)c(NC(=O)[C@H](C)N2CCCN(c3ccc(C(F)(F)F)cn3)CC2)c1. The highest BCUT2D eigenvalue weighted by atomic mass is 19.4. The summed E-state index contributed by atoms with van der Waals surface area (Å²) >= 11 is 0. The lowest BCUT2D eigenvalue weighted by Gasteiger charge is -2.27. The number of alkyl halides is 3. The van der Waals surface area contributed by atoms with Crippen LogP contribution in [0.3, 0.4) is 0 Å². The topological polar surface area (TPSA) is 48.5 Å². The predicted octanol–water partition coefficient (Wildman–Crippen LogP) is 4.26. The summed E-state index contributed by atoms with van der Waals surface area (Å²) in [5, 5.41) is 3.02. The number of benzene rings is 1. The number of amides is 1. The molecule has 0 aliphatic carbocycles. The monoisotopic (exact) mass is 420 g/mol. The number of rotatable bonds is 4. The summed E-state index contributed by atoms with van der Waals surface area (Å²) in [6, 6.07) is 8.11. The molecule has 162 valence electrons. The summed E-state index contributed by atoms with van der Waals surface area (Å²) in [6.45, 7) is 8.46. The molecule has 1 saturated heterocycles. The van der Waals surface area contributed by atoms with E-state index in [-0.39, 0.29) is 11.9 Å². The third-order valence-electron chi connectivity index (χ3n) is 5.51. The minimum absolute atomic E-state index is 0.0650. The molecule has 0 radical (unpaired) electrons. The van der Waals surface area contributed by atoms with Crippen LogP contribution in [0.1, 0.15) is 30.0 Å². The maximum Gasteiger partial charge on any atom is 0.417 e. The molecule has 1 aliphatic rings. The molecule has 2 heterocycles. The van der Waals surface area contributed by atoms with Crippen LogP contribution >= 0.6 is 0 Å². The summed E-state index contributed by atoms with van der Waals surface area (Å²) in [5.74, 6) is 0.460. The van der Waals surface area contributed by atoms with Crippen molar-refractivity contribution in [2.45, 2.75) is 39.4 Å². The first-order valence-electron chi connectivity index (χ1n) is 10.1. The molecule has 1 fully saturated rings. The quantitative estimate of drug-likeness (QED) is 0.803. The molecule has 30 heavy (non-hydrogen) atoms. The Bertz CT molecular complexity index is 883. The number of carbonyl (C=O) groups excluding carboxylic acids is 1. The first kappa shape index (κ1) is 22.1. The van der Waals surface area contributed by atoms with E-state index in [4.69, 9.17) is 0 Å². The van der Waals surface area contributed by atoms with Crippen molar-refractivity contribution >= 4 is 17.4 Å². The Labute approximate surface area is 174 Å². The molecule has 1 aromatic heterocycles. The van der Waals surface area contributed by atoms with E-state index in [1.165, 1.54) is 6.07 Å². The van der Waals surface area contributed by atoms with Crippen molar-refractivity contribution in [2.75, 3.05) is 36.4 Å². The second-order valence-corrected chi connectivity index (χ2v) is 7.76. The molecule has 1 aromatic carbocycles.